The van der Waals surface area contributed by atoms with Crippen LogP contribution in [0.2, 0.25) is 0 Å². The molecule has 1 aromatic rings. The number of thioether (sulfide) groups is 2. The number of carbonyl (C=O) groups excluding carboxylic acids is 2. The summed E-state index contributed by atoms with van der Waals surface area (Å²) in [6.45, 7) is 2.55. The van der Waals surface area contributed by atoms with Gasteiger partial charge in [0.1, 0.15) is 0 Å². The van der Waals surface area contributed by atoms with Crippen LogP contribution in [0.3, 0.4) is 0 Å². The molecule has 3 rings (SSSR count). The minimum atomic E-state index is -1.31. The van der Waals surface area contributed by atoms with E-state index in [-0.39, 0.29) is 17.0 Å². The van der Waals surface area contributed by atoms with Gasteiger partial charge in [-0.15, -0.1) is 11.8 Å². The van der Waals surface area contributed by atoms with Gasteiger partial charge in [-0.05, 0) is 24.3 Å². The molecule has 0 aliphatic carbocycles. The van der Waals surface area contributed by atoms with Crippen LogP contribution in [-0.2, 0) is 16.1 Å². The van der Waals surface area contributed by atoms with Gasteiger partial charge in [0, 0.05) is 11.5 Å². The fourth-order valence-corrected chi connectivity index (χ4v) is 5.20. The quantitative estimate of drug-likeness (QED) is 0.292. The Hall–Kier alpha value is -1.94. The summed E-state index contributed by atoms with van der Waals surface area (Å²) in [5, 5.41) is 12.0. The van der Waals surface area contributed by atoms with Gasteiger partial charge in [0.2, 0.25) is 17.5 Å². The van der Waals surface area contributed by atoms with E-state index in [9.17, 15) is 14.7 Å². The van der Waals surface area contributed by atoms with Crippen molar-refractivity contribution in [2.24, 2.45) is 0 Å². The van der Waals surface area contributed by atoms with Crippen molar-refractivity contribution in [3.63, 3.8) is 0 Å². The average molecular weight is 367 g/mol. The van der Waals surface area contributed by atoms with Crippen molar-refractivity contribution in [1.82, 2.24) is 9.88 Å². The van der Waals surface area contributed by atoms with E-state index < -0.39 is 5.97 Å². The lowest BCUT2D eigenvalue weighted by Gasteiger charge is -2.45. The Morgan fingerprint density at radius 1 is 1.58 bits per heavy atom. The van der Waals surface area contributed by atoms with E-state index in [0.717, 1.165) is 0 Å². The number of carbonyl (C=O) groups is 2. The van der Waals surface area contributed by atoms with Crippen molar-refractivity contribution in [1.29, 1.82) is 0 Å². The molecule has 0 spiro atoms. The number of carboxylic acid groups (broad SMARTS) is 1. The molecule has 24 heavy (non-hydrogen) atoms. The number of hydrogen-bond acceptors (Lipinski definition) is 8. The third-order valence-corrected chi connectivity index (χ3v) is 6.22. The lowest BCUT2D eigenvalue weighted by molar-refractivity contribution is -0.719. The lowest BCUT2D eigenvalue weighted by atomic mass is 10.1. The van der Waals surface area contributed by atoms with E-state index in [4.69, 9.17) is 11.5 Å². The SMILES string of the molecule is CC[n+]1c(N)cc(N)nc1SCC1=C(C(=O)[O-])N2C(=O)C[C@H]2SC1. The summed E-state index contributed by atoms with van der Waals surface area (Å²) in [5.41, 5.74) is 12.3. The van der Waals surface area contributed by atoms with E-state index in [1.807, 2.05) is 6.92 Å². The van der Waals surface area contributed by atoms with E-state index in [0.29, 0.717) is 46.8 Å². The second-order valence-electron chi connectivity index (χ2n) is 5.39. The van der Waals surface area contributed by atoms with E-state index >= 15 is 0 Å². The Kier molecular flexibility index (Phi) is 4.59. The average Bonchev–Trinajstić information content (AvgIpc) is 2.51. The molecule has 10 heteroatoms. The largest absolute Gasteiger partial charge is 0.543 e. The van der Waals surface area contributed by atoms with Crippen molar-refractivity contribution in [2.45, 2.75) is 30.4 Å². The molecule has 4 N–H and O–H groups in total. The van der Waals surface area contributed by atoms with Gasteiger partial charge in [0.15, 0.2) is 0 Å². The molecule has 8 nitrogen and oxygen atoms in total. The van der Waals surface area contributed by atoms with Gasteiger partial charge in [0.25, 0.3) is 0 Å². The Labute approximate surface area is 147 Å². The normalized spacial score (nSPS) is 20.0. The van der Waals surface area contributed by atoms with E-state index in [2.05, 4.69) is 4.98 Å². The summed E-state index contributed by atoms with van der Waals surface area (Å²) in [7, 11) is 0. The topological polar surface area (TPSA) is 129 Å². The second-order valence-corrected chi connectivity index (χ2v) is 7.50. The number of fused-ring (bicyclic) bond motifs is 1. The van der Waals surface area contributed by atoms with Crippen LogP contribution >= 0.6 is 23.5 Å². The molecule has 128 valence electrons. The summed E-state index contributed by atoms with van der Waals surface area (Å²) in [6.07, 6.45) is 0.380. The zero-order valence-corrected chi connectivity index (χ0v) is 14.7. The molecule has 3 heterocycles. The van der Waals surface area contributed by atoms with Gasteiger partial charge >= 0.3 is 5.16 Å². The van der Waals surface area contributed by atoms with Crippen LogP contribution in [0, 0.1) is 0 Å². The number of nitrogens with zero attached hydrogens (tertiary/aromatic N) is 3. The van der Waals surface area contributed by atoms with Crippen molar-refractivity contribution in [3.05, 3.63) is 17.3 Å². The Morgan fingerprint density at radius 2 is 2.33 bits per heavy atom. The summed E-state index contributed by atoms with van der Waals surface area (Å²) in [4.78, 5) is 28.8. The number of rotatable bonds is 5. The highest BCUT2D eigenvalue weighted by atomic mass is 32.2. The van der Waals surface area contributed by atoms with Crippen LogP contribution in [0.1, 0.15) is 13.3 Å². The predicted molar refractivity (Wildman–Crippen MR) is 89.4 cm³/mol. The van der Waals surface area contributed by atoms with Gasteiger partial charge in [-0.1, -0.05) is 4.98 Å². The molecule has 0 bridgehead atoms. The third-order valence-electron chi connectivity index (χ3n) is 3.88. The van der Waals surface area contributed by atoms with Crippen molar-refractivity contribution in [2.75, 3.05) is 23.0 Å². The fourth-order valence-electron chi connectivity index (χ4n) is 2.70. The first-order chi connectivity index (χ1) is 11.4. The molecule has 0 radical (unpaired) electrons. The number of anilines is 2. The number of aliphatic carboxylic acids is 1. The number of hydrogen-bond donors (Lipinski definition) is 2. The molecule has 1 fully saturated rings. The molecule has 1 amide bonds. The van der Waals surface area contributed by atoms with Crippen molar-refractivity contribution >= 4 is 47.0 Å². The molecular weight excluding hydrogens is 350 g/mol. The van der Waals surface area contributed by atoms with Gasteiger partial charge in [-0.3, -0.25) is 9.69 Å². The first kappa shape index (κ1) is 16.9. The van der Waals surface area contributed by atoms with Crippen LogP contribution < -0.4 is 21.1 Å². The maximum atomic E-state index is 11.7. The molecule has 1 aromatic heterocycles. The zero-order valence-electron chi connectivity index (χ0n) is 13.0. The maximum Gasteiger partial charge on any atom is 0.301 e. The van der Waals surface area contributed by atoms with Crippen LogP contribution in [0.15, 0.2) is 22.5 Å². The lowest BCUT2D eigenvalue weighted by Crippen LogP contribution is -2.56. The number of β-lactam (4-membered cyclic amide) rings is 1. The van der Waals surface area contributed by atoms with Crippen LogP contribution in [0.25, 0.3) is 0 Å². The van der Waals surface area contributed by atoms with Crippen LogP contribution in [0.4, 0.5) is 11.6 Å². The Bertz CT molecular complexity index is 752. The summed E-state index contributed by atoms with van der Waals surface area (Å²) in [6, 6.07) is 1.58. The molecule has 2 aliphatic heterocycles. The fraction of sp³-hybridized carbons (Fsp3) is 0.429. The molecule has 0 aromatic carbocycles. The highest BCUT2D eigenvalue weighted by Gasteiger charge is 2.43. The van der Waals surface area contributed by atoms with E-state index in [1.54, 1.807) is 22.4 Å². The molecule has 1 atom stereocenters. The first-order valence-corrected chi connectivity index (χ1v) is 9.41. The Balaban J connectivity index is 1.87. The maximum absolute atomic E-state index is 11.7. The molecule has 0 unspecified atom stereocenters. The van der Waals surface area contributed by atoms with E-state index in [1.165, 1.54) is 16.7 Å². The summed E-state index contributed by atoms with van der Waals surface area (Å²) < 4.78 is 1.80. The molecular formula is C14H17N5O3S2. The summed E-state index contributed by atoms with van der Waals surface area (Å²) >= 11 is 2.91. The highest BCUT2D eigenvalue weighted by Crippen LogP contribution is 2.40. The minimum Gasteiger partial charge on any atom is -0.543 e. The molecule has 1 saturated heterocycles. The van der Waals surface area contributed by atoms with Gasteiger partial charge in [-0.25, -0.2) is 4.57 Å². The third kappa shape index (κ3) is 2.91. The standard InChI is InChI=1S/C14H17N5O3S2/c1-2-18-9(16)3-8(15)17-14(18)24-6-7-5-23-11-4-10(20)19(11)12(7)13(21)22/h3,11H,2,4-6H2,1H3,(H4,15,16,21,22)/t11-/m1/s1. The number of aromatic nitrogens is 2. The van der Waals surface area contributed by atoms with Crippen LogP contribution in [0.5, 0.6) is 0 Å². The number of nitrogens with two attached hydrogens (primary N) is 2. The van der Waals surface area contributed by atoms with Gasteiger partial charge in [-0.2, -0.15) is 0 Å². The van der Waals surface area contributed by atoms with Crippen molar-refractivity contribution in [3.8, 4) is 0 Å². The van der Waals surface area contributed by atoms with Gasteiger partial charge in [0.05, 0.1) is 36.1 Å². The molecule has 2 aliphatic rings. The van der Waals surface area contributed by atoms with Gasteiger partial charge < -0.3 is 21.4 Å². The first-order valence-electron chi connectivity index (χ1n) is 7.38. The smallest absolute Gasteiger partial charge is 0.301 e. The summed E-state index contributed by atoms with van der Waals surface area (Å²) in [5.74, 6) is 0.246. The number of nitrogen functional groups attached to an aromatic ring is 2. The van der Waals surface area contributed by atoms with Crippen molar-refractivity contribution < 1.29 is 19.3 Å². The highest BCUT2D eigenvalue weighted by molar-refractivity contribution is 8.00. The number of amides is 1. The molecule has 0 saturated carbocycles. The Morgan fingerprint density at radius 3 is 2.96 bits per heavy atom. The zero-order chi connectivity index (χ0) is 17.4. The minimum absolute atomic E-state index is 0.00224. The predicted octanol–water partition coefficient (Wildman–Crippen LogP) is -1.05. The van der Waals surface area contributed by atoms with Crippen LogP contribution in [-0.4, -0.2) is 38.6 Å². The monoisotopic (exact) mass is 367 g/mol. The number of carboxylic acids is 1. The second kappa shape index (κ2) is 6.52.